The molecule has 0 aromatic carbocycles. The average molecular weight is 269 g/mol. The Hall–Kier alpha value is -0.160. The highest BCUT2D eigenvalue weighted by atomic mass is 16.5. The lowest BCUT2D eigenvalue weighted by atomic mass is 9.78. The van der Waals surface area contributed by atoms with Crippen LogP contribution in [0.5, 0.6) is 0 Å². The van der Waals surface area contributed by atoms with Crippen molar-refractivity contribution >= 4 is 0 Å². The smallest absolute Gasteiger partial charge is 0.102 e. The van der Waals surface area contributed by atoms with E-state index < -0.39 is 5.60 Å². The van der Waals surface area contributed by atoms with Gasteiger partial charge in [-0.1, -0.05) is 19.3 Å². The molecule has 2 aliphatic heterocycles. The Morgan fingerprint density at radius 1 is 1.11 bits per heavy atom. The molecule has 2 heterocycles. The molecular weight excluding hydrogens is 242 g/mol. The van der Waals surface area contributed by atoms with Gasteiger partial charge in [0.25, 0.3) is 0 Å². The van der Waals surface area contributed by atoms with E-state index in [9.17, 15) is 5.11 Å². The Morgan fingerprint density at radius 2 is 1.95 bits per heavy atom. The van der Waals surface area contributed by atoms with Gasteiger partial charge in [0.05, 0.1) is 12.2 Å². The van der Waals surface area contributed by atoms with Crippen LogP contribution in [-0.2, 0) is 9.47 Å². The number of hydrogen-bond donors (Lipinski definition) is 2. The molecule has 2 unspecified atom stereocenters. The minimum absolute atomic E-state index is 0.142. The summed E-state index contributed by atoms with van der Waals surface area (Å²) in [6.07, 6.45) is 9.36. The highest BCUT2D eigenvalue weighted by Gasteiger charge is 2.39. The second-order valence-corrected chi connectivity index (χ2v) is 6.69. The summed E-state index contributed by atoms with van der Waals surface area (Å²) in [6, 6.07) is 0.497. The van der Waals surface area contributed by atoms with Crippen LogP contribution in [0.25, 0.3) is 0 Å². The standard InChI is InChI=1S/C15H27NO3/c17-14(7-9-18-12-14)11-16-13-4-8-19-15(10-13)5-2-1-3-6-15/h13,16-17H,1-12H2. The van der Waals surface area contributed by atoms with Crippen LogP contribution in [0, 0.1) is 0 Å². The van der Waals surface area contributed by atoms with Gasteiger partial charge in [-0.3, -0.25) is 0 Å². The topological polar surface area (TPSA) is 50.7 Å². The summed E-state index contributed by atoms with van der Waals surface area (Å²) in [5.74, 6) is 0. The zero-order valence-corrected chi connectivity index (χ0v) is 11.8. The van der Waals surface area contributed by atoms with Crippen LogP contribution in [-0.4, -0.2) is 48.7 Å². The van der Waals surface area contributed by atoms with Crippen LogP contribution in [0.3, 0.4) is 0 Å². The molecule has 4 heteroatoms. The quantitative estimate of drug-likeness (QED) is 0.817. The first-order chi connectivity index (χ1) is 9.20. The Balaban J connectivity index is 1.50. The zero-order chi connectivity index (χ0) is 13.2. The molecular formula is C15H27NO3. The van der Waals surface area contributed by atoms with Gasteiger partial charge >= 0.3 is 0 Å². The van der Waals surface area contributed by atoms with Gasteiger partial charge in [-0.15, -0.1) is 0 Å². The fourth-order valence-corrected chi connectivity index (χ4v) is 3.82. The van der Waals surface area contributed by atoms with Crippen molar-refractivity contribution in [3.8, 4) is 0 Å². The molecule has 0 bridgehead atoms. The number of aliphatic hydroxyl groups is 1. The molecule has 1 aliphatic carbocycles. The minimum Gasteiger partial charge on any atom is -0.386 e. The summed E-state index contributed by atoms with van der Waals surface area (Å²) in [6.45, 7) is 2.70. The van der Waals surface area contributed by atoms with Crippen LogP contribution in [0.1, 0.15) is 51.4 Å². The first-order valence-corrected chi connectivity index (χ1v) is 7.87. The molecule has 3 fully saturated rings. The van der Waals surface area contributed by atoms with Crippen molar-refractivity contribution in [1.82, 2.24) is 5.32 Å². The summed E-state index contributed by atoms with van der Waals surface area (Å²) >= 11 is 0. The molecule has 110 valence electrons. The SMILES string of the molecule is OC1(CNC2CCOC3(CCCCC3)C2)CCOC1. The maximum Gasteiger partial charge on any atom is 0.102 e. The largest absolute Gasteiger partial charge is 0.386 e. The van der Waals surface area contributed by atoms with E-state index in [4.69, 9.17) is 9.47 Å². The lowest BCUT2D eigenvalue weighted by molar-refractivity contribution is -0.110. The molecule has 0 radical (unpaired) electrons. The lowest BCUT2D eigenvalue weighted by Gasteiger charge is -2.44. The third kappa shape index (κ3) is 3.30. The molecule has 3 aliphatic rings. The van der Waals surface area contributed by atoms with E-state index in [-0.39, 0.29) is 5.60 Å². The molecule has 0 amide bonds. The predicted octanol–water partition coefficient (Wildman–Crippen LogP) is 1.61. The predicted molar refractivity (Wildman–Crippen MR) is 73.2 cm³/mol. The van der Waals surface area contributed by atoms with Crippen LogP contribution in [0.15, 0.2) is 0 Å². The fourth-order valence-electron chi connectivity index (χ4n) is 3.82. The molecule has 0 aromatic rings. The maximum atomic E-state index is 10.3. The molecule has 0 aromatic heterocycles. The van der Waals surface area contributed by atoms with Crippen molar-refractivity contribution in [3.05, 3.63) is 0 Å². The molecule has 2 saturated heterocycles. The maximum absolute atomic E-state index is 10.3. The Labute approximate surface area is 115 Å². The van der Waals surface area contributed by atoms with Gasteiger partial charge in [0, 0.05) is 32.2 Å². The number of hydrogen-bond acceptors (Lipinski definition) is 4. The molecule has 1 saturated carbocycles. The van der Waals surface area contributed by atoms with Crippen LogP contribution < -0.4 is 5.32 Å². The number of ether oxygens (including phenoxy) is 2. The van der Waals surface area contributed by atoms with Gasteiger partial charge in [-0.05, 0) is 25.7 Å². The summed E-state index contributed by atoms with van der Waals surface area (Å²) in [7, 11) is 0. The van der Waals surface area contributed by atoms with Gasteiger partial charge in [0.2, 0.25) is 0 Å². The van der Waals surface area contributed by atoms with E-state index in [0.29, 0.717) is 25.8 Å². The second-order valence-electron chi connectivity index (χ2n) is 6.69. The van der Waals surface area contributed by atoms with E-state index >= 15 is 0 Å². The Kier molecular flexibility index (Phi) is 4.13. The zero-order valence-electron chi connectivity index (χ0n) is 11.8. The molecule has 4 nitrogen and oxygen atoms in total. The van der Waals surface area contributed by atoms with Crippen LogP contribution >= 0.6 is 0 Å². The van der Waals surface area contributed by atoms with Crippen molar-refractivity contribution < 1.29 is 14.6 Å². The summed E-state index contributed by atoms with van der Waals surface area (Å²) in [4.78, 5) is 0. The van der Waals surface area contributed by atoms with Crippen molar-refractivity contribution in [2.45, 2.75) is 68.6 Å². The van der Waals surface area contributed by atoms with E-state index in [1.165, 1.54) is 32.1 Å². The average Bonchev–Trinajstić information content (AvgIpc) is 2.85. The first kappa shape index (κ1) is 13.8. The monoisotopic (exact) mass is 269 g/mol. The second kappa shape index (κ2) is 5.68. The van der Waals surface area contributed by atoms with E-state index in [0.717, 1.165) is 25.9 Å². The van der Waals surface area contributed by atoms with Crippen molar-refractivity contribution in [3.63, 3.8) is 0 Å². The lowest BCUT2D eigenvalue weighted by Crippen LogP contribution is -2.51. The number of nitrogens with one attached hydrogen (secondary N) is 1. The molecule has 3 rings (SSSR count). The van der Waals surface area contributed by atoms with E-state index in [2.05, 4.69) is 5.32 Å². The van der Waals surface area contributed by atoms with E-state index in [1.807, 2.05) is 0 Å². The third-order valence-corrected chi connectivity index (χ3v) is 5.06. The van der Waals surface area contributed by atoms with Gasteiger partial charge < -0.3 is 19.9 Å². The van der Waals surface area contributed by atoms with Gasteiger partial charge in [-0.25, -0.2) is 0 Å². The van der Waals surface area contributed by atoms with Gasteiger partial charge in [0.1, 0.15) is 5.60 Å². The van der Waals surface area contributed by atoms with Crippen LogP contribution in [0.4, 0.5) is 0 Å². The van der Waals surface area contributed by atoms with Crippen molar-refractivity contribution in [1.29, 1.82) is 0 Å². The van der Waals surface area contributed by atoms with Gasteiger partial charge in [-0.2, -0.15) is 0 Å². The normalized spacial score (nSPS) is 38.7. The molecule has 19 heavy (non-hydrogen) atoms. The number of rotatable bonds is 3. The Morgan fingerprint density at radius 3 is 2.68 bits per heavy atom. The van der Waals surface area contributed by atoms with Crippen LogP contribution in [0.2, 0.25) is 0 Å². The third-order valence-electron chi connectivity index (χ3n) is 5.06. The fraction of sp³-hybridized carbons (Fsp3) is 1.00. The minimum atomic E-state index is -0.641. The van der Waals surface area contributed by atoms with E-state index in [1.54, 1.807) is 0 Å². The van der Waals surface area contributed by atoms with Gasteiger partial charge in [0.15, 0.2) is 0 Å². The molecule has 2 N–H and O–H groups in total. The summed E-state index contributed by atoms with van der Waals surface area (Å²) in [5, 5.41) is 13.9. The summed E-state index contributed by atoms with van der Waals surface area (Å²) < 4.78 is 11.4. The first-order valence-electron chi connectivity index (χ1n) is 7.87. The highest BCUT2D eigenvalue weighted by molar-refractivity contribution is 4.94. The molecule has 1 spiro atoms. The highest BCUT2D eigenvalue weighted by Crippen LogP contribution is 2.38. The molecule has 2 atom stereocenters. The Bertz CT molecular complexity index is 290. The van der Waals surface area contributed by atoms with Crippen molar-refractivity contribution in [2.75, 3.05) is 26.4 Å². The summed E-state index contributed by atoms with van der Waals surface area (Å²) in [5.41, 5.74) is -0.499. The van der Waals surface area contributed by atoms with Crippen molar-refractivity contribution in [2.24, 2.45) is 0 Å².